The Morgan fingerprint density at radius 3 is 2.87 bits per heavy atom. The minimum Gasteiger partial charge on any atom is -0.349 e. The van der Waals surface area contributed by atoms with Crippen LogP contribution in [0.15, 0.2) is 21.9 Å². The average molecular weight is 352 g/mol. The molecule has 0 amide bonds. The molecule has 1 fully saturated rings. The number of halogens is 1. The number of aromatic nitrogens is 2. The molecule has 2 heterocycles. The number of phosphoric ester groups is 1. The number of nitrogens with one attached hydrogen (secondary N) is 1. The van der Waals surface area contributed by atoms with E-state index in [0.29, 0.717) is 0 Å². The fourth-order valence-corrected chi connectivity index (χ4v) is 3.10. The molecule has 2 N–H and O–H groups in total. The standard InChI is InChI=1S/C12H18FN2O7P/c1-7(2)22-23(18,19)20-6-8-5-9(13)11(21-8)15-4-3-10(16)14-12(15)17/h3-4,7-9,11H,5-6H2,1-2H3,(H,18,19)(H,14,16,17). The zero-order chi connectivity index (χ0) is 17.2. The number of phosphoric acid groups is 1. The number of hydrogen-bond donors (Lipinski definition) is 2. The molecule has 2 rings (SSSR count). The molecule has 0 radical (unpaired) electrons. The number of nitrogens with zero attached hydrogens (tertiary/aromatic N) is 1. The normalized spacial score (nSPS) is 27.3. The second-order valence-electron chi connectivity index (χ2n) is 5.34. The molecule has 1 saturated heterocycles. The molecule has 130 valence electrons. The number of ether oxygens (including phenoxy) is 1. The van der Waals surface area contributed by atoms with Crippen LogP contribution < -0.4 is 11.2 Å². The molecule has 1 aromatic heterocycles. The van der Waals surface area contributed by atoms with E-state index in [1.807, 2.05) is 4.98 Å². The van der Waals surface area contributed by atoms with Crippen molar-refractivity contribution < 1.29 is 27.6 Å². The number of aromatic amines is 1. The monoisotopic (exact) mass is 352 g/mol. The zero-order valence-electron chi connectivity index (χ0n) is 12.5. The van der Waals surface area contributed by atoms with Crippen LogP contribution in [0.5, 0.6) is 0 Å². The topological polar surface area (TPSA) is 120 Å². The molecule has 0 aromatic carbocycles. The molecule has 0 saturated carbocycles. The summed E-state index contributed by atoms with van der Waals surface area (Å²) in [6, 6.07) is 1.07. The van der Waals surface area contributed by atoms with Crippen LogP contribution in [0.3, 0.4) is 0 Å². The van der Waals surface area contributed by atoms with Gasteiger partial charge in [-0.3, -0.25) is 23.4 Å². The summed E-state index contributed by atoms with van der Waals surface area (Å²) in [6.07, 6.45) is -3.12. The third kappa shape index (κ3) is 4.82. The average Bonchev–Trinajstić information content (AvgIpc) is 2.76. The highest BCUT2D eigenvalue weighted by Gasteiger charge is 2.38. The SMILES string of the molecule is CC(C)OP(=O)(O)OCC1CC(F)C(n2ccc(=O)[nH]c2=O)O1. The van der Waals surface area contributed by atoms with Crippen molar-refractivity contribution in [3.8, 4) is 0 Å². The molecule has 0 aliphatic carbocycles. The van der Waals surface area contributed by atoms with Crippen molar-refractivity contribution in [3.63, 3.8) is 0 Å². The lowest BCUT2D eigenvalue weighted by Gasteiger charge is -2.18. The Kier molecular flexibility index (Phi) is 5.53. The Morgan fingerprint density at radius 1 is 1.57 bits per heavy atom. The number of rotatable bonds is 6. The van der Waals surface area contributed by atoms with Crippen molar-refractivity contribution in [1.29, 1.82) is 0 Å². The number of alkyl halides is 1. The molecular formula is C12H18FN2O7P. The van der Waals surface area contributed by atoms with Gasteiger partial charge in [0.15, 0.2) is 6.23 Å². The zero-order valence-corrected chi connectivity index (χ0v) is 13.4. The highest BCUT2D eigenvalue weighted by Crippen LogP contribution is 2.45. The van der Waals surface area contributed by atoms with E-state index in [9.17, 15) is 23.4 Å². The Hall–Kier alpha value is -1.32. The summed E-state index contributed by atoms with van der Waals surface area (Å²) in [5.41, 5.74) is -1.41. The van der Waals surface area contributed by atoms with E-state index in [1.54, 1.807) is 13.8 Å². The van der Waals surface area contributed by atoms with E-state index in [0.717, 1.165) is 16.8 Å². The van der Waals surface area contributed by atoms with Crippen molar-refractivity contribution in [2.45, 2.75) is 44.9 Å². The second kappa shape index (κ2) is 7.06. The number of hydrogen-bond acceptors (Lipinski definition) is 6. The van der Waals surface area contributed by atoms with Gasteiger partial charge in [0.1, 0.15) is 6.17 Å². The van der Waals surface area contributed by atoms with Gasteiger partial charge in [0.25, 0.3) is 5.56 Å². The predicted molar refractivity (Wildman–Crippen MR) is 76.7 cm³/mol. The summed E-state index contributed by atoms with van der Waals surface area (Å²) in [5, 5.41) is 0. The third-order valence-corrected chi connectivity index (χ3v) is 4.19. The van der Waals surface area contributed by atoms with Crippen molar-refractivity contribution in [2.75, 3.05) is 6.61 Å². The summed E-state index contributed by atoms with van der Waals surface area (Å²) >= 11 is 0. The van der Waals surface area contributed by atoms with Gasteiger partial charge in [0.2, 0.25) is 0 Å². The fraction of sp³-hybridized carbons (Fsp3) is 0.667. The van der Waals surface area contributed by atoms with Crippen LogP contribution >= 0.6 is 7.82 Å². The molecule has 1 aromatic rings. The summed E-state index contributed by atoms with van der Waals surface area (Å²) in [7, 11) is -4.25. The van der Waals surface area contributed by atoms with Gasteiger partial charge in [0, 0.05) is 18.7 Å². The molecule has 1 aliphatic heterocycles. The summed E-state index contributed by atoms with van der Waals surface area (Å²) in [5.74, 6) is 0. The van der Waals surface area contributed by atoms with E-state index in [-0.39, 0.29) is 13.0 Å². The molecule has 23 heavy (non-hydrogen) atoms. The third-order valence-electron chi connectivity index (χ3n) is 3.02. The molecule has 9 nitrogen and oxygen atoms in total. The quantitative estimate of drug-likeness (QED) is 0.723. The minimum atomic E-state index is -4.25. The first-order chi connectivity index (χ1) is 10.7. The first-order valence-electron chi connectivity index (χ1n) is 6.94. The van der Waals surface area contributed by atoms with E-state index in [4.69, 9.17) is 13.8 Å². The Morgan fingerprint density at radius 2 is 2.26 bits per heavy atom. The van der Waals surface area contributed by atoms with E-state index < -0.39 is 43.7 Å². The predicted octanol–water partition coefficient (Wildman–Crippen LogP) is 0.704. The summed E-state index contributed by atoms with van der Waals surface area (Å²) in [6.45, 7) is 2.76. The summed E-state index contributed by atoms with van der Waals surface area (Å²) in [4.78, 5) is 34.1. The van der Waals surface area contributed by atoms with E-state index in [1.165, 1.54) is 0 Å². The smallest absolute Gasteiger partial charge is 0.349 e. The van der Waals surface area contributed by atoms with Crippen molar-refractivity contribution in [3.05, 3.63) is 33.1 Å². The maximum atomic E-state index is 14.0. The molecule has 11 heteroatoms. The Labute approximate surface area is 130 Å². The lowest BCUT2D eigenvalue weighted by Crippen LogP contribution is -2.34. The van der Waals surface area contributed by atoms with Crippen LogP contribution in [0.1, 0.15) is 26.5 Å². The molecule has 4 unspecified atom stereocenters. The van der Waals surface area contributed by atoms with Crippen LogP contribution in [0.4, 0.5) is 4.39 Å². The largest absolute Gasteiger partial charge is 0.472 e. The molecule has 0 bridgehead atoms. The molecular weight excluding hydrogens is 334 g/mol. The fourth-order valence-electron chi connectivity index (χ4n) is 2.15. The maximum absolute atomic E-state index is 14.0. The first-order valence-corrected chi connectivity index (χ1v) is 8.44. The van der Waals surface area contributed by atoms with Crippen LogP contribution in [0.25, 0.3) is 0 Å². The van der Waals surface area contributed by atoms with Gasteiger partial charge in [-0.25, -0.2) is 13.8 Å². The number of H-pyrrole nitrogens is 1. The molecule has 0 spiro atoms. The van der Waals surface area contributed by atoms with Gasteiger partial charge in [0.05, 0.1) is 18.8 Å². The second-order valence-corrected chi connectivity index (χ2v) is 6.74. The lowest BCUT2D eigenvalue weighted by atomic mass is 10.2. The van der Waals surface area contributed by atoms with Crippen LogP contribution in [0, 0.1) is 0 Å². The van der Waals surface area contributed by atoms with Gasteiger partial charge < -0.3 is 9.63 Å². The summed E-state index contributed by atoms with van der Waals surface area (Å²) < 4.78 is 41.3. The highest BCUT2D eigenvalue weighted by molar-refractivity contribution is 7.47. The Bertz CT molecular complexity index is 703. The van der Waals surface area contributed by atoms with Crippen LogP contribution in [0.2, 0.25) is 0 Å². The Balaban J connectivity index is 2.00. The van der Waals surface area contributed by atoms with Crippen LogP contribution in [-0.4, -0.2) is 39.4 Å². The van der Waals surface area contributed by atoms with Crippen molar-refractivity contribution in [1.82, 2.24) is 9.55 Å². The van der Waals surface area contributed by atoms with Gasteiger partial charge in [-0.05, 0) is 13.8 Å². The highest BCUT2D eigenvalue weighted by atomic mass is 31.2. The van der Waals surface area contributed by atoms with Gasteiger partial charge in [-0.1, -0.05) is 0 Å². The van der Waals surface area contributed by atoms with Gasteiger partial charge >= 0.3 is 13.5 Å². The first kappa shape index (κ1) is 18.0. The van der Waals surface area contributed by atoms with Gasteiger partial charge in [-0.2, -0.15) is 0 Å². The van der Waals surface area contributed by atoms with Gasteiger partial charge in [-0.15, -0.1) is 0 Å². The minimum absolute atomic E-state index is 0.127. The van der Waals surface area contributed by atoms with Crippen molar-refractivity contribution >= 4 is 7.82 Å². The van der Waals surface area contributed by atoms with Crippen molar-refractivity contribution in [2.24, 2.45) is 0 Å². The molecule has 4 atom stereocenters. The van der Waals surface area contributed by atoms with E-state index >= 15 is 0 Å². The molecule has 1 aliphatic rings. The van der Waals surface area contributed by atoms with E-state index in [2.05, 4.69) is 0 Å². The lowest BCUT2D eigenvalue weighted by molar-refractivity contribution is -0.0408. The van der Waals surface area contributed by atoms with Crippen LogP contribution in [-0.2, 0) is 18.3 Å². The maximum Gasteiger partial charge on any atom is 0.472 e.